The van der Waals surface area contributed by atoms with E-state index in [-0.39, 0.29) is 6.10 Å². The van der Waals surface area contributed by atoms with Gasteiger partial charge in [0.1, 0.15) is 12.2 Å². The first kappa shape index (κ1) is 23.2. The van der Waals surface area contributed by atoms with Gasteiger partial charge in [0.25, 0.3) is 0 Å². The van der Waals surface area contributed by atoms with E-state index < -0.39 is 0 Å². The number of aromatic nitrogens is 3. The number of para-hydroxylation sites is 1. The van der Waals surface area contributed by atoms with E-state index in [0.29, 0.717) is 28.3 Å². The Bertz CT molecular complexity index is 1510. The zero-order chi connectivity index (χ0) is 25.2. The fourth-order valence-electron chi connectivity index (χ4n) is 4.71. The molecule has 8 nitrogen and oxygen atoms in total. The fourth-order valence-corrected chi connectivity index (χ4v) is 4.71. The molecule has 0 atom stereocenters. The molecule has 1 saturated heterocycles. The summed E-state index contributed by atoms with van der Waals surface area (Å²) in [6.07, 6.45) is 6.94. The number of hydrogen-bond donors (Lipinski definition) is 1. The Morgan fingerprint density at radius 1 is 1.22 bits per heavy atom. The second-order valence-corrected chi connectivity index (χ2v) is 8.82. The maximum absolute atomic E-state index is 9.88. The fraction of sp³-hybridized carbons (Fsp3) is 0.250. The highest BCUT2D eigenvalue weighted by Gasteiger charge is 2.23. The van der Waals surface area contributed by atoms with E-state index in [0.717, 1.165) is 53.6 Å². The van der Waals surface area contributed by atoms with Crippen LogP contribution in [0.25, 0.3) is 21.8 Å². The molecule has 0 spiro atoms. The van der Waals surface area contributed by atoms with Crippen LogP contribution in [0.2, 0.25) is 0 Å². The third-order valence-electron chi connectivity index (χ3n) is 6.67. The second kappa shape index (κ2) is 9.62. The molecule has 5 rings (SSSR count). The molecular weight excluding hydrogens is 452 g/mol. The summed E-state index contributed by atoms with van der Waals surface area (Å²) < 4.78 is 13.9. The van der Waals surface area contributed by atoms with E-state index in [1.807, 2.05) is 48.3 Å². The first-order valence-corrected chi connectivity index (χ1v) is 11.8. The molecule has 4 aromatic rings. The molecule has 2 aromatic carbocycles. The molecule has 182 valence electrons. The largest absolute Gasteiger partial charge is 0.493 e. The Balaban J connectivity index is 1.53. The smallest absolute Gasteiger partial charge is 0.162 e. The van der Waals surface area contributed by atoms with Gasteiger partial charge in [-0.1, -0.05) is 25.3 Å². The highest BCUT2D eigenvalue weighted by molar-refractivity contribution is 6.01. The highest BCUT2D eigenvalue weighted by atomic mass is 16.5. The Morgan fingerprint density at radius 2 is 2.03 bits per heavy atom. The van der Waals surface area contributed by atoms with Crippen LogP contribution in [0, 0.1) is 11.3 Å². The molecule has 0 saturated carbocycles. The van der Waals surface area contributed by atoms with Crippen molar-refractivity contribution in [2.75, 3.05) is 25.5 Å². The number of nitrogens with zero attached hydrogens (tertiary/aromatic N) is 5. The maximum Gasteiger partial charge on any atom is 0.162 e. The van der Waals surface area contributed by atoms with E-state index in [4.69, 9.17) is 9.47 Å². The van der Waals surface area contributed by atoms with Crippen LogP contribution in [0.3, 0.4) is 0 Å². The summed E-state index contributed by atoms with van der Waals surface area (Å²) in [5.41, 5.74) is 4.55. The number of pyridine rings is 1. The number of rotatable bonds is 7. The Hall–Kier alpha value is -4.51. The van der Waals surface area contributed by atoms with Gasteiger partial charge in [0.2, 0.25) is 0 Å². The zero-order valence-corrected chi connectivity index (χ0v) is 20.5. The van der Waals surface area contributed by atoms with Crippen molar-refractivity contribution >= 4 is 33.2 Å². The summed E-state index contributed by atoms with van der Waals surface area (Å²) in [7, 11) is 3.52. The van der Waals surface area contributed by atoms with E-state index >= 15 is 0 Å². The van der Waals surface area contributed by atoms with Gasteiger partial charge in [-0.2, -0.15) is 10.4 Å². The van der Waals surface area contributed by atoms with Gasteiger partial charge in [-0.15, -0.1) is 0 Å². The number of likely N-dealkylation sites (tertiary alicyclic amines) is 1. The summed E-state index contributed by atoms with van der Waals surface area (Å²) >= 11 is 0. The van der Waals surface area contributed by atoms with Gasteiger partial charge in [-0.25, -0.2) is 0 Å². The van der Waals surface area contributed by atoms with Crippen LogP contribution in [-0.2, 0) is 7.05 Å². The SMILES string of the molecule is C=CC(=C)N1CCC(Oc2cc3c(Nc4cccc5cnn(C)c45)c(C#N)cnc3cc2OC)CC1. The molecule has 1 N–H and O–H groups in total. The number of piperidine rings is 1. The molecule has 1 aliphatic rings. The normalized spacial score (nSPS) is 14.0. The first-order valence-electron chi connectivity index (χ1n) is 11.8. The quantitative estimate of drug-likeness (QED) is 0.360. The maximum atomic E-state index is 9.88. The number of methoxy groups -OCH3 is 1. The van der Waals surface area contributed by atoms with Crippen molar-refractivity contribution in [1.29, 1.82) is 5.26 Å². The summed E-state index contributed by atoms with van der Waals surface area (Å²) in [6, 6.07) is 12.0. The van der Waals surface area contributed by atoms with Gasteiger partial charge < -0.3 is 19.7 Å². The van der Waals surface area contributed by atoms with Crippen molar-refractivity contribution in [3.05, 3.63) is 73.2 Å². The van der Waals surface area contributed by atoms with Gasteiger partial charge in [-0.3, -0.25) is 9.67 Å². The predicted molar refractivity (Wildman–Crippen MR) is 142 cm³/mol. The predicted octanol–water partition coefficient (Wildman–Crippen LogP) is 5.29. The Labute approximate surface area is 210 Å². The first-order chi connectivity index (χ1) is 17.5. The lowest BCUT2D eigenvalue weighted by atomic mass is 10.1. The van der Waals surface area contributed by atoms with Gasteiger partial charge in [-0.05, 0) is 18.2 Å². The average Bonchev–Trinajstić information content (AvgIpc) is 3.30. The second-order valence-electron chi connectivity index (χ2n) is 8.82. The molecule has 1 aliphatic heterocycles. The van der Waals surface area contributed by atoms with Crippen molar-refractivity contribution < 1.29 is 9.47 Å². The molecule has 0 amide bonds. The topological polar surface area (TPSA) is 88.2 Å². The van der Waals surface area contributed by atoms with Crippen LogP contribution in [0.1, 0.15) is 18.4 Å². The molecular formula is C28H28N6O2. The lowest BCUT2D eigenvalue weighted by molar-refractivity contribution is 0.116. The van der Waals surface area contributed by atoms with E-state index in [9.17, 15) is 5.26 Å². The average molecular weight is 481 g/mol. The number of benzene rings is 2. The molecule has 2 aromatic heterocycles. The van der Waals surface area contributed by atoms with Crippen molar-refractivity contribution in [3.8, 4) is 17.6 Å². The molecule has 36 heavy (non-hydrogen) atoms. The van der Waals surface area contributed by atoms with Crippen LogP contribution in [0.5, 0.6) is 11.5 Å². The summed E-state index contributed by atoms with van der Waals surface area (Å²) in [5, 5.41) is 19.5. The number of hydrogen-bond acceptors (Lipinski definition) is 7. The number of fused-ring (bicyclic) bond motifs is 2. The standard InChI is InChI=1S/C28H28N6O2/c1-5-18(2)34-11-9-21(10-12-34)36-26-13-22-24(14-25(26)35-4)30-16-20(15-29)27(22)32-23-8-6-7-19-17-31-33(3)28(19)23/h5-8,13-14,16-17,21H,1-2,9-12H2,3-4H3,(H,30,32). The third kappa shape index (κ3) is 4.20. The lowest BCUT2D eigenvalue weighted by Gasteiger charge is -2.34. The van der Waals surface area contributed by atoms with Gasteiger partial charge >= 0.3 is 0 Å². The summed E-state index contributed by atoms with van der Waals surface area (Å²) in [6.45, 7) is 9.57. The molecule has 0 aliphatic carbocycles. The highest BCUT2D eigenvalue weighted by Crippen LogP contribution is 2.39. The van der Waals surface area contributed by atoms with Crippen LogP contribution in [0.15, 0.2) is 67.7 Å². The Kier molecular flexibility index (Phi) is 6.21. The van der Waals surface area contributed by atoms with E-state index in [1.165, 1.54) is 0 Å². The van der Waals surface area contributed by atoms with Gasteiger partial charge in [0.05, 0.1) is 41.3 Å². The number of aryl methyl sites for hydroxylation is 1. The van der Waals surface area contributed by atoms with Crippen LogP contribution < -0.4 is 14.8 Å². The molecule has 0 unspecified atom stereocenters. The summed E-state index contributed by atoms with van der Waals surface area (Å²) in [4.78, 5) is 6.73. The van der Waals surface area contributed by atoms with Crippen molar-refractivity contribution in [3.63, 3.8) is 0 Å². The van der Waals surface area contributed by atoms with Gasteiger partial charge in [0, 0.05) is 61.7 Å². The molecule has 0 bridgehead atoms. The van der Waals surface area contributed by atoms with E-state index in [2.05, 4.69) is 39.5 Å². The monoisotopic (exact) mass is 480 g/mol. The van der Waals surface area contributed by atoms with Gasteiger partial charge in [0.15, 0.2) is 11.5 Å². The molecule has 8 heteroatoms. The minimum absolute atomic E-state index is 0.0388. The molecule has 3 heterocycles. The molecule has 1 fully saturated rings. The Morgan fingerprint density at radius 3 is 2.75 bits per heavy atom. The zero-order valence-electron chi connectivity index (χ0n) is 20.5. The number of nitriles is 1. The van der Waals surface area contributed by atoms with E-state index in [1.54, 1.807) is 19.4 Å². The minimum atomic E-state index is 0.0388. The lowest BCUT2D eigenvalue weighted by Crippen LogP contribution is -2.37. The van der Waals surface area contributed by atoms with Crippen molar-refractivity contribution in [2.24, 2.45) is 7.05 Å². The number of ether oxygens (including phenoxy) is 2. The minimum Gasteiger partial charge on any atom is -0.493 e. The summed E-state index contributed by atoms with van der Waals surface area (Å²) in [5.74, 6) is 1.24. The van der Waals surface area contributed by atoms with Crippen molar-refractivity contribution in [2.45, 2.75) is 18.9 Å². The van der Waals surface area contributed by atoms with Crippen LogP contribution in [0.4, 0.5) is 11.4 Å². The number of nitrogens with one attached hydrogen (secondary N) is 1. The van der Waals surface area contributed by atoms with Crippen molar-refractivity contribution in [1.82, 2.24) is 19.7 Å². The molecule has 0 radical (unpaired) electrons. The van der Waals surface area contributed by atoms with Crippen LogP contribution >= 0.6 is 0 Å². The number of allylic oxidation sites excluding steroid dienone is 1. The van der Waals surface area contributed by atoms with Crippen LogP contribution in [-0.4, -0.2) is 46.0 Å². The third-order valence-corrected chi connectivity index (χ3v) is 6.67. The number of anilines is 2.